The summed E-state index contributed by atoms with van der Waals surface area (Å²) in [5.74, 6) is -0.577. The predicted octanol–water partition coefficient (Wildman–Crippen LogP) is 3.85. The van der Waals surface area contributed by atoms with Crippen LogP contribution in [0.2, 0.25) is 5.02 Å². The highest BCUT2D eigenvalue weighted by Gasteiger charge is 2.30. The van der Waals surface area contributed by atoms with Crippen molar-refractivity contribution < 1.29 is 14.0 Å². The lowest BCUT2D eigenvalue weighted by atomic mass is 10.1. The Kier molecular flexibility index (Phi) is 7.09. The normalized spacial score (nSPS) is 14.9. The highest BCUT2D eigenvalue weighted by Crippen LogP contribution is 2.21. The maximum atomic E-state index is 13.2. The van der Waals surface area contributed by atoms with Crippen LogP contribution < -0.4 is 5.32 Å². The zero-order valence-electron chi connectivity index (χ0n) is 16.4. The van der Waals surface area contributed by atoms with E-state index in [1.165, 1.54) is 22.6 Å². The van der Waals surface area contributed by atoms with Gasteiger partial charge in [-0.05, 0) is 43.0 Å². The van der Waals surface area contributed by atoms with Crippen LogP contribution in [0.5, 0.6) is 0 Å². The molecule has 0 spiro atoms. The number of nitrogens with one attached hydrogen (secondary N) is 1. The van der Waals surface area contributed by atoms with Gasteiger partial charge in [-0.1, -0.05) is 48.0 Å². The number of hydrogen-bond acceptors (Lipinski definition) is 2. The van der Waals surface area contributed by atoms with Crippen LogP contribution in [-0.4, -0.2) is 47.4 Å². The smallest absolute Gasteiger partial charge is 0.320 e. The molecule has 1 fully saturated rings. The molecule has 1 saturated heterocycles. The molecule has 1 N–H and O–H groups in total. The van der Waals surface area contributed by atoms with Crippen molar-refractivity contribution in [2.75, 3.05) is 19.6 Å². The summed E-state index contributed by atoms with van der Waals surface area (Å²) >= 11 is 6.05. The molecule has 0 radical (unpaired) electrons. The number of benzene rings is 2. The van der Waals surface area contributed by atoms with Crippen molar-refractivity contribution in [2.45, 2.75) is 32.4 Å². The van der Waals surface area contributed by atoms with Crippen molar-refractivity contribution in [1.82, 2.24) is 15.1 Å². The van der Waals surface area contributed by atoms with Gasteiger partial charge in [0.05, 0.1) is 0 Å². The molecule has 0 aliphatic carbocycles. The predicted molar refractivity (Wildman–Crippen MR) is 111 cm³/mol. The van der Waals surface area contributed by atoms with E-state index in [2.05, 4.69) is 17.4 Å². The standard InChI is InChI=1S/C22H25ClFN3O2/c1-16(7-8-17-5-3-2-4-6-17)25-21(28)15-27-12-11-26(22(27)29)14-18-9-10-19(24)13-20(18)23/h2-6,9-10,13,16H,7-8,11-12,14-15H2,1H3,(H,25,28). The Bertz CT molecular complexity index is 862. The van der Waals surface area contributed by atoms with Crippen molar-refractivity contribution >= 4 is 23.5 Å². The van der Waals surface area contributed by atoms with E-state index in [9.17, 15) is 14.0 Å². The molecule has 1 aliphatic rings. The van der Waals surface area contributed by atoms with Gasteiger partial charge >= 0.3 is 6.03 Å². The molecule has 0 aromatic heterocycles. The van der Waals surface area contributed by atoms with Crippen molar-refractivity contribution in [3.8, 4) is 0 Å². The summed E-state index contributed by atoms with van der Waals surface area (Å²) in [7, 11) is 0. The summed E-state index contributed by atoms with van der Waals surface area (Å²) in [5.41, 5.74) is 1.92. The molecular weight excluding hydrogens is 393 g/mol. The summed E-state index contributed by atoms with van der Waals surface area (Å²) in [6, 6.07) is 14.1. The molecule has 1 aliphatic heterocycles. The maximum Gasteiger partial charge on any atom is 0.320 e. The Balaban J connectivity index is 1.45. The first-order valence-corrected chi connectivity index (χ1v) is 10.1. The second-order valence-corrected chi connectivity index (χ2v) is 7.76. The number of hydrogen-bond donors (Lipinski definition) is 1. The fraction of sp³-hybridized carbons (Fsp3) is 0.364. The molecule has 3 amide bonds. The van der Waals surface area contributed by atoms with Crippen LogP contribution in [0.3, 0.4) is 0 Å². The number of urea groups is 1. The molecule has 0 saturated carbocycles. The summed E-state index contributed by atoms with van der Waals surface area (Å²) in [4.78, 5) is 28.1. The first-order valence-electron chi connectivity index (χ1n) is 9.73. The monoisotopic (exact) mass is 417 g/mol. The maximum absolute atomic E-state index is 13.2. The molecule has 3 rings (SSSR count). The van der Waals surface area contributed by atoms with Gasteiger partial charge < -0.3 is 15.1 Å². The van der Waals surface area contributed by atoms with Crippen LogP contribution in [0.1, 0.15) is 24.5 Å². The number of aryl methyl sites for hydroxylation is 1. The summed E-state index contributed by atoms with van der Waals surface area (Å²) < 4.78 is 13.2. The Morgan fingerprint density at radius 1 is 1.17 bits per heavy atom. The van der Waals surface area contributed by atoms with Crippen LogP contribution in [-0.2, 0) is 17.8 Å². The number of amides is 3. The fourth-order valence-corrected chi connectivity index (χ4v) is 3.60. The minimum atomic E-state index is -0.411. The highest BCUT2D eigenvalue weighted by molar-refractivity contribution is 6.31. The van der Waals surface area contributed by atoms with Gasteiger partial charge in [0, 0.05) is 30.7 Å². The van der Waals surface area contributed by atoms with Crippen LogP contribution in [0.4, 0.5) is 9.18 Å². The van der Waals surface area contributed by atoms with Crippen LogP contribution in [0.25, 0.3) is 0 Å². The lowest BCUT2D eigenvalue weighted by molar-refractivity contribution is -0.122. The summed E-state index contributed by atoms with van der Waals surface area (Å²) in [5, 5.41) is 3.26. The van der Waals surface area contributed by atoms with E-state index in [0.29, 0.717) is 30.2 Å². The largest absolute Gasteiger partial charge is 0.352 e. The lowest BCUT2D eigenvalue weighted by Crippen LogP contribution is -2.42. The van der Waals surface area contributed by atoms with Gasteiger partial charge in [0.25, 0.3) is 0 Å². The minimum Gasteiger partial charge on any atom is -0.352 e. The van der Waals surface area contributed by atoms with E-state index in [0.717, 1.165) is 12.8 Å². The van der Waals surface area contributed by atoms with Gasteiger partial charge in [0.1, 0.15) is 12.4 Å². The molecule has 1 unspecified atom stereocenters. The van der Waals surface area contributed by atoms with Crippen molar-refractivity contribution in [2.24, 2.45) is 0 Å². The molecule has 2 aromatic rings. The zero-order valence-corrected chi connectivity index (χ0v) is 17.2. The molecular formula is C22H25ClFN3O2. The van der Waals surface area contributed by atoms with Gasteiger partial charge in [-0.3, -0.25) is 4.79 Å². The van der Waals surface area contributed by atoms with Gasteiger partial charge in [-0.25, -0.2) is 9.18 Å². The van der Waals surface area contributed by atoms with Crippen LogP contribution in [0, 0.1) is 5.82 Å². The Morgan fingerprint density at radius 3 is 2.62 bits per heavy atom. The topological polar surface area (TPSA) is 52.7 Å². The van der Waals surface area contributed by atoms with Gasteiger partial charge in [-0.2, -0.15) is 0 Å². The molecule has 0 bridgehead atoms. The first kappa shape index (κ1) is 21.1. The molecule has 29 heavy (non-hydrogen) atoms. The minimum absolute atomic E-state index is 0.0227. The van der Waals surface area contributed by atoms with E-state index in [1.54, 1.807) is 11.0 Å². The van der Waals surface area contributed by atoms with Gasteiger partial charge in [-0.15, -0.1) is 0 Å². The Labute approximate surface area is 175 Å². The summed E-state index contributed by atoms with van der Waals surface area (Å²) in [6.45, 7) is 3.27. The van der Waals surface area contributed by atoms with Crippen molar-refractivity contribution in [3.05, 3.63) is 70.5 Å². The molecule has 7 heteroatoms. The number of carbonyl (C=O) groups excluding carboxylic acids is 2. The average molecular weight is 418 g/mol. The van der Waals surface area contributed by atoms with Gasteiger partial charge in [0.15, 0.2) is 0 Å². The van der Waals surface area contributed by atoms with E-state index >= 15 is 0 Å². The third-order valence-electron chi connectivity index (χ3n) is 5.01. The average Bonchev–Trinajstić information content (AvgIpc) is 3.02. The third kappa shape index (κ3) is 5.94. The van der Waals surface area contributed by atoms with E-state index < -0.39 is 5.82 Å². The SMILES string of the molecule is CC(CCc1ccccc1)NC(=O)CN1CCN(Cc2ccc(F)cc2Cl)C1=O. The molecule has 154 valence electrons. The number of carbonyl (C=O) groups is 2. The summed E-state index contributed by atoms with van der Waals surface area (Å²) in [6.07, 6.45) is 1.72. The highest BCUT2D eigenvalue weighted by atomic mass is 35.5. The van der Waals surface area contributed by atoms with E-state index in [-0.39, 0.29) is 24.5 Å². The molecule has 5 nitrogen and oxygen atoms in total. The second kappa shape index (κ2) is 9.74. The Hall–Kier alpha value is -2.60. The molecule has 2 aromatic carbocycles. The van der Waals surface area contributed by atoms with Gasteiger partial charge in [0.2, 0.25) is 5.91 Å². The third-order valence-corrected chi connectivity index (χ3v) is 5.36. The van der Waals surface area contributed by atoms with Crippen molar-refractivity contribution in [1.29, 1.82) is 0 Å². The fourth-order valence-electron chi connectivity index (χ4n) is 3.38. The second-order valence-electron chi connectivity index (χ2n) is 7.35. The Morgan fingerprint density at radius 2 is 1.90 bits per heavy atom. The number of halogens is 2. The lowest BCUT2D eigenvalue weighted by Gasteiger charge is -2.20. The number of nitrogens with zero attached hydrogens (tertiary/aromatic N) is 2. The van der Waals surface area contributed by atoms with Crippen LogP contribution >= 0.6 is 11.6 Å². The van der Waals surface area contributed by atoms with E-state index in [4.69, 9.17) is 11.6 Å². The number of rotatable bonds is 8. The first-order chi connectivity index (χ1) is 13.9. The van der Waals surface area contributed by atoms with Crippen LogP contribution in [0.15, 0.2) is 48.5 Å². The van der Waals surface area contributed by atoms with E-state index in [1.807, 2.05) is 25.1 Å². The molecule has 1 heterocycles. The molecule has 1 atom stereocenters. The van der Waals surface area contributed by atoms with Crippen molar-refractivity contribution in [3.63, 3.8) is 0 Å². The zero-order chi connectivity index (χ0) is 20.8. The quantitative estimate of drug-likeness (QED) is 0.709.